The molecule has 29 heavy (non-hydrogen) atoms. The van der Waals surface area contributed by atoms with Gasteiger partial charge in [-0.25, -0.2) is 0 Å². The predicted molar refractivity (Wildman–Crippen MR) is 107 cm³/mol. The van der Waals surface area contributed by atoms with Crippen molar-refractivity contribution in [3.8, 4) is 10.7 Å². The lowest BCUT2D eigenvalue weighted by molar-refractivity contribution is -0.153. The molecule has 1 amide bonds. The van der Waals surface area contributed by atoms with E-state index < -0.39 is 18.0 Å². The zero-order valence-electron chi connectivity index (χ0n) is 15.9. The second-order valence-corrected chi connectivity index (χ2v) is 7.16. The van der Waals surface area contributed by atoms with E-state index in [9.17, 15) is 14.4 Å². The predicted octanol–water partition coefficient (Wildman–Crippen LogP) is 3.50. The summed E-state index contributed by atoms with van der Waals surface area (Å²) in [6.45, 7) is 2.88. The number of hydrogen-bond acceptors (Lipinski definition) is 8. The maximum atomic E-state index is 12.3. The molecule has 3 aromatic rings. The molecular weight excluding hydrogens is 394 g/mol. The SMILES string of the molecule is CC(=O)c1ccccc1NC(=O)[C@H](C)OC(=O)CCc1nc(-c2cccs2)no1. The van der Waals surface area contributed by atoms with Gasteiger partial charge in [0.05, 0.1) is 17.0 Å². The van der Waals surface area contributed by atoms with Gasteiger partial charge in [-0.05, 0) is 37.4 Å². The fourth-order valence-electron chi connectivity index (χ4n) is 2.51. The van der Waals surface area contributed by atoms with Gasteiger partial charge in [-0.2, -0.15) is 4.98 Å². The number of carbonyl (C=O) groups is 3. The lowest BCUT2D eigenvalue weighted by Crippen LogP contribution is -2.30. The van der Waals surface area contributed by atoms with Gasteiger partial charge >= 0.3 is 5.97 Å². The number of ether oxygens (including phenoxy) is 1. The molecule has 3 rings (SSSR count). The average Bonchev–Trinajstić information content (AvgIpc) is 3.38. The van der Waals surface area contributed by atoms with Gasteiger partial charge < -0.3 is 14.6 Å². The van der Waals surface area contributed by atoms with E-state index in [0.29, 0.717) is 23.0 Å². The molecule has 1 N–H and O–H groups in total. The number of nitrogens with one attached hydrogen (secondary N) is 1. The van der Waals surface area contributed by atoms with Crippen molar-refractivity contribution in [3.05, 3.63) is 53.2 Å². The number of benzene rings is 1. The second kappa shape index (κ2) is 9.24. The van der Waals surface area contributed by atoms with E-state index in [1.165, 1.54) is 25.2 Å². The van der Waals surface area contributed by atoms with E-state index >= 15 is 0 Å². The number of anilines is 1. The lowest BCUT2D eigenvalue weighted by atomic mass is 10.1. The average molecular weight is 413 g/mol. The Bertz CT molecular complexity index is 1010. The number of Topliss-reactive ketones (excluding diaryl/α,β-unsaturated/α-hetero) is 1. The van der Waals surface area contributed by atoms with Crippen LogP contribution in [-0.4, -0.2) is 33.9 Å². The van der Waals surface area contributed by atoms with Gasteiger partial charge in [-0.3, -0.25) is 14.4 Å². The van der Waals surface area contributed by atoms with Crippen LogP contribution in [0.25, 0.3) is 10.7 Å². The van der Waals surface area contributed by atoms with Crippen molar-refractivity contribution in [3.63, 3.8) is 0 Å². The summed E-state index contributed by atoms with van der Waals surface area (Å²) in [5.41, 5.74) is 0.761. The van der Waals surface area contributed by atoms with E-state index in [0.717, 1.165) is 4.88 Å². The molecular formula is C20H19N3O5S. The topological polar surface area (TPSA) is 111 Å². The smallest absolute Gasteiger partial charge is 0.307 e. The van der Waals surface area contributed by atoms with Crippen molar-refractivity contribution >= 4 is 34.7 Å². The number of nitrogens with zero attached hydrogens (tertiary/aromatic N) is 2. The van der Waals surface area contributed by atoms with E-state index in [1.807, 2.05) is 17.5 Å². The molecule has 2 aromatic heterocycles. The van der Waals surface area contributed by atoms with Crippen molar-refractivity contribution in [2.75, 3.05) is 5.32 Å². The minimum absolute atomic E-state index is 0.00622. The Morgan fingerprint density at radius 3 is 2.72 bits per heavy atom. The normalized spacial score (nSPS) is 11.7. The lowest BCUT2D eigenvalue weighted by Gasteiger charge is -2.14. The molecule has 0 spiro atoms. The highest BCUT2D eigenvalue weighted by Crippen LogP contribution is 2.21. The van der Waals surface area contributed by atoms with Crippen molar-refractivity contribution < 1.29 is 23.6 Å². The molecule has 0 bridgehead atoms. The number of aryl methyl sites for hydroxylation is 1. The Hall–Kier alpha value is -3.33. The molecule has 9 heteroatoms. The molecule has 150 valence electrons. The van der Waals surface area contributed by atoms with Crippen LogP contribution in [0.15, 0.2) is 46.3 Å². The first-order valence-electron chi connectivity index (χ1n) is 8.91. The Morgan fingerprint density at radius 2 is 2.00 bits per heavy atom. The molecule has 0 radical (unpaired) electrons. The zero-order chi connectivity index (χ0) is 20.8. The van der Waals surface area contributed by atoms with Crippen LogP contribution >= 0.6 is 11.3 Å². The number of thiophene rings is 1. The molecule has 1 atom stereocenters. The molecule has 0 fully saturated rings. The quantitative estimate of drug-likeness (QED) is 0.444. The summed E-state index contributed by atoms with van der Waals surface area (Å²) in [5.74, 6) is -0.474. The summed E-state index contributed by atoms with van der Waals surface area (Å²) in [7, 11) is 0. The highest BCUT2D eigenvalue weighted by Gasteiger charge is 2.20. The fraction of sp³-hybridized carbons (Fsp3) is 0.250. The first kappa shape index (κ1) is 20.4. The van der Waals surface area contributed by atoms with Gasteiger partial charge in [0.15, 0.2) is 11.9 Å². The molecule has 1 aromatic carbocycles. The van der Waals surface area contributed by atoms with Crippen LogP contribution in [0.4, 0.5) is 5.69 Å². The highest BCUT2D eigenvalue weighted by molar-refractivity contribution is 7.13. The largest absolute Gasteiger partial charge is 0.453 e. The number of hydrogen-bond donors (Lipinski definition) is 1. The molecule has 0 aliphatic carbocycles. The summed E-state index contributed by atoms with van der Waals surface area (Å²) < 4.78 is 10.3. The van der Waals surface area contributed by atoms with Crippen molar-refractivity contribution in [1.82, 2.24) is 10.1 Å². The van der Waals surface area contributed by atoms with Crippen molar-refractivity contribution in [2.24, 2.45) is 0 Å². The first-order valence-corrected chi connectivity index (χ1v) is 9.79. The van der Waals surface area contributed by atoms with Crippen LogP contribution in [-0.2, 0) is 20.7 Å². The van der Waals surface area contributed by atoms with Gasteiger partial charge in [0.2, 0.25) is 11.7 Å². The van der Waals surface area contributed by atoms with Gasteiger partial charge in [0.25, 0.3) is 5.91 Å². The maximum absolute atomic E-state index is 12.3. The minimum atomic E-state index is -1.02. The Balaban J connectivity index is 1.50. The molecule has 0 aliphatic rings. The van der Waals surface area contributed by atoms with Crippen LogP contribution < -0.4 is 5.32 Å². The first-order chi connectivity index (χ1) is 13.9. The molecule has 0 aliphatic heterocycles. The Morgan fingerprint density at radius 1 is 1.21 bits per heavy atom. The zero-order valence-corrected chi connectivity index (χ0v) is 16.7. The van der Waals surface area contributed by atoms with E-state index in [2.05, 4.69) is 15.5 Å². The third kappa shape index (κ3) is 5.35. The van der Waals surface area contributed by atoms with Crippen LogP contribution in [0.5, 0.6) is 0 Å². The number of esters is 1. The number of carbonyl (C=O) groups excluding carboxylic acids is 3. The number of aromatic nitrogens is 2. The van der Waals surface area contributed by atoms with Gasteiger partial charge in [-0.1, -0.05) is 23.4 Å². The molecule has 8 nitrogen and oxygen atoms in total. The highest BCUT2D eigenvalue weighted by atomic mass is 32.1. The van der Waals surface area contributed by atoms with Crippen LogP contribution in [0.1, 0.15) is 36.5 Å². The van der Waals surface area contributed by atoms with Crippen molar-refractivity contribution in [1.29, 1.82) is 0 Å². The molecule has 2 heterocycles. The van der Waals surface area contributed by atoms with Crippen LogP contribution in [0.3, 0.4) is 0 Å². The van der Waals surface area contributed by atoms with Crippen LogP contribution in [0, 0.1) is 0 Å². The monoisotopic (exact) mass is 413 g/mol. The van der Waals surface area contributed by atoms with Crippen LogP contribution in [0.2, 0.25) is 0 Å². The van der Waals surface area contributed by atoms with E-state index in [1.54, 1.807) is 24.3 Å². The van der Waals surface area contributed by atoms with E-state index in [-0.39, 0.29) is 18.6 Å². The van der Waals surface area contributed by atoms with Gasteiger partial charge in [0, 0.05) is 12.0 Å². The number of para-hydroxylation sites is 1. The third-order valence-electron chi connectivity index (χ3n) is 3.99. The van der Waals surface area contributed by atoms with Gasteiger partial charge in [-0.15, -0.1) is 11.3 Å². The maximum Gasteiger partial charge on any atom is 0.307 e. The number of rotatable bonds is 8. The number of amides is 1. The second-order valence-electron chi connectivity index (χ2n) is 6.21. The third-order valence-corrected chi connectivity index (χ3v) is 4.86. The van der Waals surface area contributed by atoms with Gasteiger partial charge in [0.1, 0.15) is 0 Å². The standard InChI is InChI=1S/C20H19N3O5S/c1-12(24)14-6-3-4-7-15(14)21-20(26)13(2)27-18(25)10-9-17-22-19(23-28-17)16-8-5-11-29-16/h3-8,11,13H,9-10H2,1-2H3,(H,21,26)/t13-/m0/s1. The fourth-order valence-corrected chi connectivity index (χ4v) is 3.16. The molecule has 0 saturated carbocycles. The van der Waals surface area contributed by atoms with Crippen molar-refractivity contribution in [2.45, 2.75) is 32.8 Å². The number of ketones is 1. The molecule has 0 unspecified atom stereocenters. The summed E-state index contributed by atoms with van der Waals surface area (Å²) in [6.07, 6.45) is -0.821. The Kier molecular flexibility index (Phi) is 6.50. The molecule has 0 saturated heterocycles. The summed E-state index contributed by atoms with van der Waals surface area (Å²) >= 11 is 1.49. The Labute approximate surface area is 170 Å². The summed E-state index contributed by atoms with van der Waals surface area (Å²) in [6, 6.07) is 10.4. The van der Waals surface area contributed by atoms with E-state index in [4.69, 9.17) is 9.26 Å². The summed E-state index contributed by atoms with van der Waals surface area (Å²) in [5, 5.41) is 8.40. The summed E-state index contributed by atoms with van der Waals surface area (Å²) in [4.78, 5) is 41.1. The minimum Gasteiger partial charge on any atom is -0.453 e.